The summed E-state index contributed by atoms with van der Waals surface area (Å²) in [5, 5.41) is 0. The molecule has 0 spiro atoms. The Morgan fingerprint density at radius 3 is 2.20 bits per heavy atom. The molecule has 1 aromatic carbocycles. The molecule has 0 aliphatic heterocycles. The average Bonchev–Trinajstić information content (AvgIpc) is 1.91. The topological polar surface area (TPSA) is 26.0 Å². The number of nitrogens with two attached hydrogens (primary N) is 1. The zero-order chi connectivity index (χ0) is 7.98. The van der Waals surface area contributed by atoms with E-state index in [9.17, 15) is 0 Å². The van der Waals surface area contributed by atoms with Crippen LogP contribution in [0.15, 0.2) is 24.3 Å². The number of hydrogen-bond acceptors (Lipinski definition) is 2. The Morgan fingerprint density at radius 2 is 1.90 bits per heavy atom. The SMILES string of the molecule is CS.Cc1cccc(N)c1. The van der Waals surface area contributed by atoms with Crippen molar-refractivity contribution >= 4 is 18.3 Å². The fourth-order valence-corrected chi connectivity index (χ4v) is 0.670. The number of benzene rings is 1. The van der Waals surface area contributed by atoms with Crippen LogP contribution in [0.25, 0.3) is 0 Å². The van der Waals surface area contributed by atoms with Gasteiger partial charge in [-0.15, -0.1) is 0 Å². The predicted octanol–water partition coefficient (Wildman–Crippen LogP) is 2.12. The maximum absolute atomic E-state index is 5.46. The number of hydrogen-bond donors (Lipinski definition) is 2. The normalized spacial score (nSPS) is 7.90. The zero-order valence-corrected chi connectivity index (χ0v) is 7.23. The minimum absolute atomic E-state index is 0.838. The molecule has 0 aliphatic rings. The zero-order valence-electron chi connectivity index (χ0n) is 6.33. The van der Waals surface area contributed by atoms with Gasteiger partial charge in [-0.25, -0.2) is 0 Å². The summed E-state index contributed by atoms with van der Waals surface area (Å²) in [7, 11) is 0. The molecule has 0 bridgehead atoms. The van der Waals surface area contributed by atoms with E-state index in [2.05, 4.69) is 12.6 Å². The maximum Gasteiger partial charge on any atom is 0.0316 e. The summed E-state index contributed by atoms with van der Waals surface area (Å²) in [6.45, 7) is 2.02. The molecular weight excluding hydrogens is 142 g/mol. The van der Waals surface area contributed by atoms with E-state index in [4.69, 9.17) is 5.73 Å². The van der Waals surface area contributed by atoms with Gasteiger partial charge in [0, 0.05) is 5.69 Å². The Labute approximate surface area is 67.7 Å². The number of thiol groups is 1. The van der Waals surface area contributed by atoms with Gasteiger partial charge in [0.25, 0.3) is 0 Å². The van der Waals surface area contributed by atoms with Crippen molar-refractivity contribution in [1.82, 2.24) is 0 Å². The van der Waals surface area contributed by atoms with Crippen molar-refractivity contribution in [3.63, 3.8) is 0 Å². The van der Waals surface area contributed by atoms with Crippen molar-refractivity contribution < 1.29 is 0 Å². The summed E-state index contributed by atoms with van der Waals surface area (Å²) in [5.74, 6) is 0. The molecule has 0 heterocycles. The second-order valence-electron chi connectivity index (χ2n) is 1.91. The number of rotatable bonds is 0. The third kappa shape index (κ3) is 3.41. The molecule has 0 fully saturated rings. The molecule has 0 saturated carbocycles. The first-order valence-electron chi connectivity index (χ1n) is 3.06. The van der Waals surface area contributed by atoms with E-state index >= 15 is 0 Å². The molecule has 1 nitrogen and oxygen atoms in total. The minimum Gasteiger partial charge on any atom is -0.399 e. The van der Waals surface area contributed by atoms with Crippen LogP contribution < -0.4 is 5.73 Å². The van der Waals surface area contributed by atoms with Gasteiger partial charge in [-0.3, -0.25) is 0 Å². The molecule has 2 N–H and O–H groups in total. The molecule has 2 heteroatoms. The molecule has 0 aliphatic carbocycles. The highest BCUT2D eigenvalue weighted by molar-refractivity contribution is 7.79. The lowest BCUT2D eigenvalue weighted by Crippen LogP contribution is -1.82. The maximum atomic E-state index is 5.46. The fourth-order valence-electron chi connectivity index (χ4n) is 0.670. The second kappa shape index (κ2) is 5.18. The molecule has 0 saturated heterocycles. The molecular formula is C8H13NS. The van der Waals surface area contributed by atoms with Gasteiger partial charge in [0.15, 0.2) is 0 Å². The third-order valence-corrected chi connectivity index (χ3v) is 1.04. The van der Waals surface area contributed by atoms with Gasteiger partial charge in [-0.2, -0.15) is 12.6 Å². The lowest BCUT2D eigenvalue weighted by molar-refractivity contribution is 1.47. The molecule has 10 heavy (non-hydrogen) atoms. The van der Waals surface area contributed by atoms with Crippen LogP contribution in [0, 0.1) is 6.92 Å². The smallest absolute Gasteiger partial charge is 0.0316 e. The summed E-state index contributed by atoms with van der Waals surface area (Å²) in [5.41, 5.74) is 7.51. The van der Waals surface area contributed by atoms with E-state index < -0.39 is 0 Å². The van der Waals surface area contributed by atoms with Crippen molar-refractivity contribution in [2.24, 2.45) is 0 Å². The van der Waals surface area contributed by atoms with E-state index in [1.165, 1.54) is 5.56 Å². The third-order valence-electron chi connectivity index (χ3n) is 1.04. The Morgan fingerprint density at radius 1 is 1.30 bits per heavy atom. The quantitative estimate of drug-likeness (QED) is 0.435. The monoisotopic (exact) mass is 155 g/mol. The van der Waals surface area contributed by atoms with E-state index in [1.54, 1.807) is 6.26 Å². The lowest BCUT2D eigenvalue weighted by atomic mass is 10.2. The number of anilines is 1. The van der Waals surface area contributed by atoms with E-state index in [0.717, 1.165) is 5.69 Å². The summed E-state index contributed by atoms with van der Waals surface area (Å²) in [6, 6.07) is 7.80. The highest BCUT2D eigenvalue weighted by atomic mass is 32.1. The molecule has 0 amide bonds. The van der Waals surface area contributed by atoms with Gasteiger partial charge >= 0.3 is 0 Å². The summed E-state index contributed by atoms with van der Waals surface area (Å²) in [6.07, 6.45) is 1.69. The van der Waals surface area contributed by atoms with Crippen LogP contribution in [0.2, 0.25) is 0 Å². The van der Waals surface area contributed by atoms with Crippen molar-refractivity contribution in [2.75, 3.05) is 12.0 Å². The van der Waals surface area contributed by atoms with Crippen LogP contribution in [-0.4, -0.2) is 6.26 Å². The van der Waals surface area contributed by atoms with Gasteiger partial charge < -0.3 is 5.73 Å². The van der Waals surface area contributed by atoms with Gasteiger partial charge in [-0.05, 0) is 30.9 Å². The summed E-state index contributed by atoms with van der Waals surface area (Å²) in [4.78, 5) is 0. The van der Waals surface area contributed by atoms with Crippen LogP contribution in [0.4, 0.5) is 5.69 Å². The minimum atomic E-state index is 0.838. The van der Waals surface area contributed by atoms with Crippen molar-refractivity contribution in [1.29, 1.82) is 0 Å². The molecule has 0 aromatic heterocycles. The van der Waals surface area contributed by atoms with Gasteiger partial charge in [0.2, 0.25) is 0 Å². The largest absolute Gasteiger partial charge is 0.399 e. The van der Waals surface area contributed by atoms with Crippen molar-refractivity contribution in [3.05, 3.63) is 29.8 Å². The Hall–Kier alpha value is -0.630. The summed E-state index contributed by atoms with van der Waals surface area (Å²) >= 11 is 3.53. The second-order valence-corrected chi connectivity index (χ2v) is 1.91. The van der Waals surface area contributed by atoms with Crippen LogP contribution in [0.1, 0.15) is 5.56 Å². The molecule has 1 aromatic rings. The highest BCUT2D eigenvalue weighted by Crippen LogP contribution is 2.03. The predicted molar refractivity (Wildman–Crippen MR) is 50.5 cm³/mol. The highest BCUT2D eigenvalue weighted by Gasteiger charge is 1.81. The summed E-state index contributed by atoms with van der Waals surface area (Å²) < 4.78 is 0. The van der Waals surface area contributed by atoms with Gasteiger partial charge in [0.1, 0.15) is 0 Å². The van der Waals surface area contributed by atoms with Crippen LogP contribution in [-0.2, 0) is 0 Å². The lowest BCUT2D eigenvalue weighted by Gasteiger charge is -1.91. The number of aryl methyl sites for hydroxylation is 1. The Bertz CT molecular complexity index is 169. The fraction of sp³-hybridized carbons (Fsp3) is 0.250. The first-order chi connectivity index (χ1) is 4.79. The average molecular weight is 155 g/mol. The van der Waals surface area contributed by atoms with Gasteiger partial charge in [-0.1, -0.05) is 12.1 Å². The molecule has 0 radical (unpaired) electrons. The molecule has 56 valence electrons. The van der Waals surface area contributed by atoms with Crippen LogP contribution >= 0.6 is 12.6 Å². The van der Waals surface area contributed by atoms with Crippen LogP contribution in [0.5, 0.6) is 0 Å². The van der Waals surface area contributed by atoms with E-state index in [0.29, 0.717) is 0 Å². The standard InChI is InChI=1S/C7H9N.CH4S/c1-6-3-2-4-7(8)5-6;1-2/h2-5H,8H2,1H3;2H,1H3. The van der Waals surface area contributed by atoms with Crippen molar-refractivity contribution in [3.8, 4) is 0 Å². The molecule has 1 rings (SSSR count). The van der Waals surface area contributed by atoms with E-state index in [-0.39, 0.29) is 0 Å². The first-order valence-corrected chi connectivity index (χ1v) is 3.95. The number of nitrogen functional groups attached to an aromatic ring is 1. The van der Waals surface area contributed by atoms with E-state index in [1.807, 2.05) is 31.2 Å². The molecule has 0 unspecified atom stereocenters. The van der Waals surface area contributed by atoms with Crippen molar-refractivity contribution in [2.45, 2.75) is 6.92 Å². The Kier molecular flexibility index (Phi) is 4.85. The van der Waals surface area contributed by atoms with Gasteiger partial charge in [0.05, 0.1) is 0 Å². The molecule has 0 atom stereocenters. The van der Waals surface area contributed by atoms with Crippen LogP contribution in [0.3, 0.4) is 0 Å². The first kappa shape index (κ1) is 9.37. The Balaban J connectivity index is 0.000000371.